The number of carbonyl (C=O) groups excluding carboxylic acids is 1. The van der Waals surface area contributed by atoms with E-state index in [1.54, 1.807) is 0 Å². The molecule has 1 aliphatic carbocycles. The Bertz CT molecular complexity index is 524. The zero-order valence-corrected chi connectivity index (χ0v) is 12.2. The third kappa shape index (κ3) is 4.12. The molecule has 5 nitrogen and oxygen atoms in total. The molecule has 0 saturated heterocycles. The highest BCUT2D eigenvalue weighted by molar-refractivity contribution is 5.78. The van der Waals surface area contributed by atoms with Gasteiger partial charge in [0.1, 0.15) is 12.5 Å². The summed E-state index contributed by atoms with van der Waals surface area (Å²) >= 11 is 0. The normalized spacial score (nSPS) is 20.6. The molecule has 1 aliphatic rings. The number of benzene rings is 1. The van der Waals surface area contributed by atoms with Crippen molar-refractivity contribution in [1.82, 2.24) is 5.32 Å². The Morgan fingerprint density at radius 1 is 1.38 bits per heavy atom. The number of amides is 1. The van der Waals surface area contributed by atoms with Crippen molar-refractivity contribution in [2.75, 3.05) is 6.61 Å². The van der Waals surface area contributed by atoms with Crippen LogP contribution in [0, 0.1) is 11.3 Å². The first kappa shape index (κ1) is 15.2. The van der Waals surface area contributed by atoms with E-state index >= 15 is 0 Å². The number of ether oxygens (including phenoxy) is 2. The third-order valence-electron chi connectivity index (χ3n) is 3.47. The first-order valence-electron chi connectivity index (χ1n) is 7.29. The summed E-state index contributed by atoms with van der Waals surface area (Å²) in [7, 11) is 0. The van der Waals surface area contributed by atoms with E-state index < -0.39 is 0 Å². The van der Waals surface area contributed by atoms with Crippen molar-refractivity contribution in [3.63, 3.8) is 0 Å². The number of nitrogens with one attached hydrogen (secondary N) is 1. The van der Waals surface area contributed by atoms with Gasteiger partial charge < -0.3 is 14.8 Å². The molecular weight excluding hydrogens is 268 g/mol. The van der Waals surface area contributed by atoms with E-state index in [2.05, 4.69) is 5.32 Å². The molecule has 1 aromatic carbocycles. The van der Waals surface area contributed by atoms with E-state index in [0.29, 0.717) is 18.1 Å². The molecule has 5 heteroatoms. The first-order chi connectivity index (χ1) is 10.2. The maximum absolute atomic E-state index is 11.6. The Morgan fingerprint density at radius 2 is 2.14 bits per heavy atom. The number of nitriles is 1. The average Bonchev–Trinajstić information content (AvgIpc) is 2.89. The summed E-state index contributed by atoms with van der Waals surface area (Å²) in [5.74, 6) is 1.18. The summed E-state index contributed by atoms with van der Waals surface area (Å²) in [5.41, 5.74) is 0. The van der Waals surface area contributed by atoms with Crippen molar-refractivity contribution in [2.24, 2.45) is 0 Å². The van der Waals surface area contributed by atoms with Crippen LogP contribution in [0.1, 0.15) is 32.6 Å². The number of hydrogen-bond acceptors (Lipinski definition) is 4. The molecule has 0 radical (unpaired) electrons. The quantitative estimate of drug-likeness (QED) is 0.872. The van der Waals surface area contributed by atoms with Gasteiger partial charge in [-0.1, -0.05) is 12.1 Å². The van der Waals surface area contributed by atoms with Crippen LogP contribution in [0.15, 0.2) is 24.3 Å². The SMILES string of the molecule is CCOc1ccccc1O[C@@H]1CCC[C@H]1NC(=O)CC#N. The minimum atomic E-state index is -0.240. The van der Waals surface area contributed by atoms with Gasteiger partial charge in [-0.15, -0.1) is 0 Å². The lowest BCUT2D eigenvalue weighted by molar-refractivity contribution is -0.121. The third-order valence-corrected chi connectivity index (χ3v) is 3.47. The van der Waals surface area contributed by atoms with Crippen LogP contribution in [0.3, 0.4) is 0 Å². The molecule has 0 bridgehead atoms. The number of para-hydroxylation sites is 2. The van der Waals surface area contributed by atoms with Crippen molar-refractivity contribution in [3.05, 3.63) is 24.3 Å². The van der Waals surface area contributed by atoms with Gasteiger partial charge in [0, 0.05) is 0 Å². The summed E-state index contributed by atoms with van der Waals surface area (Å²) in [4.78, 5) is 11.6. The maximum Gasteiger partial charge on any atom is 0.234 e. The van der Waals surface area contributed by atoms with Crippen LogP contribution in [0.2, 0.25) is 0 Å². The Morgan fingerprint density at radius 3 is 2.86 bits per heavy atom. The van der Waals surface area contributed by atoms with E-state index in [-0.39, 0.29) is 24.5 Å². The highest BCUT2D eigenvalue weighted by atomic mass is 16.5. The van der Waals surface area contributed by atoms with Crippen LogP contribution >= 0.6 is 0 Å². The largest absolute Gasteiger partial charge is 0.490 e. The van der Waals surface area contributed by atoms with Crippen LogP contribution in [0.25, 0.3) is 0 Å². The van der Waals surface area contributed by atoms with Gasteiger partial charge in [-0.3, -0.25) is 4.79 Å². The van der Waals surface area contributed by atoms with Crippen molar-refractivity contribution in [3.8, 4) is 17.6 Å². The maximum atomic E-state index is 11.6. The lowest BCUT2D eigenvalue weighted by atomic mass is 10.2. The monoisotopic (exact) mass is 288 g/mol. The van der Waals surface area contributed by atoms with E-state index in [1.165, 1.54) is 0 Å². The average molecular weight is 288 g/mol. The van der Waals surface area contributed by atoms with Crippen LogP contribution in [0.4, 0.5) is 0 Å². The van der Waals surface area contributed by atoms with Crippen LogP contribution in [-0.4, -0.2) is 24.7 Å². The molecule has 1 aromatic rings. The Kier molecular flexibility index (Phi) is 5.44. The molecule has 0 spiro atoms. The summed E-state index contributed by atoms with van der Waals surface area (Å²) in [6, 6.07) is 9.36. The van der Waals surface area contributed by atoms with E-state index in [0.717, 1.165) is 19.3 Å². The van der Waals surface area contributed by atoms with Gasteiger partial charge in [-0.05, 0) is 38.3 Å². The van der Waals surface area contributed by atoms with Gasteiger partial charge in [-0.25, -0.2) is 0 Å². The number of nitrogens with zero attached hydrogens (tertiary/aromatic N) is 1. The van der Waals surface area contributed by atoms with Gasteiger partial charge in [0.05, 0.1) is 18.7 Å². The van der Waals surface area contributed by atoms with Crippen molar-refractivity contribution in [2.45, 2.75) is 44.8 Å². The highest BCUT2D eigenvalue weighted by Gasteiger charge is 2.30. The predicted octanol–water partition coefficient (Wildman–Crippen LogP) is 2.42. The smallest absolute Gasteiger partial charge is 0.234 e. The van der Waals surface area contributed by atoms with Gasteiger partial charge in [0.15, 0.2) is 11.5 Å². The molecule has 0 unspecified atom stereocenters. The fourth-order valence-electron chi connectivity index (χ4n) is 2.55. The zero-order chi connectivity index (χ0) is 15.1. The van der Waals surface area contributed by atoms with Crippen molar-refractivity contribution in [1.29, 1.82) is 5.26 Å². The molecule has 21 heavy (non-hydrogen) atoms. The lowest BCUT2D eigenvalue weighted by Gasteiger charge is -2.23. The zero-order valence-electron chi connectivity index (χ0n) is 12.2. The van der Waals surface area contributed by atoms with Crippen molar-refractivity contribution >= 4 is 5.91 Å². The first-order valence-corrected chi connectivity index (χ1v) is 7.29. The predicted molar refractivity (Wildman–Crippen MR) is 78.0 cm³/mol. The summed E-state index contributed by atoms with van der Waals surface area (Å²) < 4.78 is 11.6. The molecule has 1 amide bonds. The van der Waals surface area contributed by atoms with Gasteiger partial charge >= 0.3 is 0 Å². The second kappa shape index (κ2) is 7.53. The number of carbonyl (C=O) groups is 1. The number of hydrogen-bond donors (Lipinski definition) is 1. The van der Waals surface area contributed by atoms with Crippen LogP contribution < -0.4 is 14.8 Å². The molecule has 0 heterocycles. The van der Waals surface area contributed by atoms with Crippen LogP contribution in [-0.2, 0) is 4.79 Å². The molecule has 1 saturated carbocycles. The molecule has 2 rings (SSSR count). The van der Waals surface area contributed by atoms with Gasteiger partial charge in [0.25, 0.3) is 0 Å². The fourth-order valence-corrected chi connectivity index (χ4v) is 2.55. The lowest BCUT2D eigenvalue weighted by Crippen LogP contribution is -2.42. The molecule has 0 aromatic heterocycles. The Balaban J connectivity index is 2.01. The Labute approximate surface area is 124 Å². The van der Waals surface area contributed by atoms with Crippen molar-refractivity contribution < 1.29 is 14.3 Å². The van der Waals surface area contributed by atoms with E-state index in [1.807, 2.05) is 37.3 Å². The Hall–Kier alpha value is -2.22. The van der Waals surface area contributed by atoms with Gasteiger partial charge in [-0.2, -0.15) is 5.26 Å². The standard InChI is InChI=1S/C16H20N2O3/c1-2-20-14-7-3-4-8-15(14)21-13-9-5-6-12(13)18-16(19)10-11-17/h3-4,7-8,12-13H,2,5-6,9-10H2,1H3,(H,18,19)/t12-,13-/m1/s1. The molecule has 1 fully saturated rings. The molecule has 112 valence electrons. The van der Waals surface area contributed by atoms with E-state index in [4.69, 9.17) is 14.7 Å². The summed E-state index contributed by atoms with van der Waals surface area (Å²) in [5, 5.41) is 11.4. The molecule has 1 N–H and O–H groups in total. The summed E-state index contributed by atoms with van der Waals surface area (Å²) in [6.07, 6.45) is 2.57. The molecular formula is C16H20N2O3. The van der Waals surface area contributed by atoms with E-state index in [9.17, 15) is 4.79 Å². The van der Waals surface area contributed by atoms with Gasteiger partial charge in [0.2, 0.25) is 5.91 Å². The minimum absolute atomic E-state index is 0.0412. The minimum Gasteiger partial charge on any atom is -0.490 e. The second-order valence-electron chi connectivity index (χ2n) is 4.98. The molecule has 0 aliphatic heterocycles. The number of rotatable bonds is 6. The topological polar surface area (TPSA) is 71.3 Å². The second-order valence-corrected chi connectivity index (χ2v) is 4.98. The fraction of sp³-hybridized carbons (Fsp3) is 0.500. The van der Waals surface area contributed by atoms with Crippen LogP contribution in [0.5, 0.6) is 11.5 Å². The highest BCUT2D eigenvalue weighted by Crippen LogP contribution is 2.31. The summed E-state index contributed by atoms with van der Waals surface area (Å²) in [6.45, 7) is 2.50. The molecule has 2 atom stereocenters.